The molecule has 1 aliphatic rings. The summed E-state index contributed by atoms with van der Waals surface area (Å²) in [7, 11) is 0. The van der Waals surface area contributed by atoms with Crippen LogP contribution in [0.1, 0.15) is 28.5 Å². The van der Waals surface area contributed by atoms with Crippen LogP contribution in [0.3, 0.4) is 0 Å². The van der Waals surface area contributed by atoms with Crippen LogP contribution in [0.25, 0.3) is 0 Å². The number of hydrogen-bond acceptors (Lipinski definition) is 4. The van der Waals surface area contributed by atoms with Crippen LogP contribution in [0.15, 0.2) is 72.1 Å². The number of rotatable bonds is 8. The minimum Gasteiger partial charge on any atom is -0.361 e. The topological polar surface area (TPSA) is 61.4 Å². The molecule has 2 heterocycles. The van der Waals surface area contributed by atoms with Crippen molar-refractivity contribution in [2.75, 3.05) is 24.5 Å². The van der Waals surface area contributed by atoms with E-state index in [1.54, 1.807) is 11.3 Å². The zero-order valence-corrected chi connectivity index (χ0v) is 18.2. The number of para-hydroxylation sites is 1. The minimum atomic E-state index is -0.575. The Bertz CT molecular complexity index is 1000. The molecule has 0 aliphatic carbocycles. The van der Waals surface area contributed by atoms with E-state index >= 15 is 0 Å². The highest BCUT2D eigenvalue weighted by Gasteiger charge is 2.28. The summed E-state index contributed by atoms with van der Waals surface area (Å²) in [6.07, 6.45) is 2.66. The summed E-state index contributed by atoms with van der Waals surface area (Å²) in [6.45, 7) is 1.78. The van der Waals surface area contributed by atoms with Crippen molar-refractivity contribution in [1.82, 2.24) is 10.6 Å². The number of thiophene rings is 1. The molecule has 0 saturated heterocycles. The molecular formula is C25H27N3O2S. The molecule has 6 heteroatoms. The van der Waals surface area contributed by atoms with Crippen LogP contribution in [-0.4, -0.2) is 31.4 Å². The van der Waals surface area contributed by atoms with Gasteiger partial charge in [0, 0.05) is 30.2 Å². The molecule has 5 nitrogen and oxygen atoms in total. The minimum absolute atomic E-state index is 0.0125. The maximum Gasteiger partial charge on any atom is 0.309 e. The highest BCUT2D eigenvalue weighted by molar-refractivity contribution is 7.10. The second-order valence-corrected chi connectivity index (χ2v) is 8.64. The Morgan fingerprint density at radius 1 is 0.935 bits per heavy atom. The van der Waals surface area contributed by atoms with Gasteiger partial charge in [0.25, 0.3) is 0 Å². The van der Waals surface area contributed by atoms with E-state index in [9.17, 15) is 9.59 Å². The molecule has 1 atom stereocenters. The fourth-order valence-corrected chi connectivity index (χ4v) is 4.86. The molecule has 0 unspecified atom stereocenters. The van der Waals surface area contributed by atoms with Gasteiger partial charge in [-0.1, -0.05) is 54.6 Å². The molecule has 4 rings (SSSR count). The Morgan fingerprint density at radius 3 is 2.52 bits per heavy atom. The summed E-state index contributed by atoms with van der Waals surface area (Å²) < 4.78 is 0. The molecular weight excluding hydrogens is 406 g/mol. The van der Waals surface area contributed by atoms with E-state index in [1.807, 2.05) is 35.7 Å². The van der Waals surface area contributed by atoms with Gasteiger partial charge >= 0.3 is 11.8 Å². The Morgan fingerprint density at radius 2 is 1.71 bits per heavy atom. The van der Waals surface area contributed by atoms with E-state index < -0.39 is 11.8 Å². The van der Waals surface area contributed by atoms with E-state index in [-0.39, 0.29) is 6.04 Å². The first-order chi connectivity index (χ1) is 15.2. The first-order valence-corrected chi connectivity index (χ1v) is 11.6. The third-order valence-electron chi connectivity index (χ3n) is 5.60. The van der Waals surface area contributed by atoms with Crippen molar-refractivity contribution in [2.45, 2.75) is 25.3 Å². The lowest BCUT2D eigenvalue weighted by Gasteiger charge is -2.30. The van der Waals surface area contributed by atoms with Crippen molar-refractivity contribution in [1.29, 1.82) is 0 Å². The van der Waals surface area contributed by atoms with Gasteiger partial charge in [-0.2, -0.15) is 0 Å². The van der Waals surface area contributed by atoms with E-state index in [0.717, 1.165) is 25.8 Å². The van der Waals surface area contributed by atoms with Crippen molar-refractivity contribution in [3.05, 3.63) is 88.1 Å². The summed E-state index contributed by atoms with van der Waals surface area (Å²) in [4.78, 5) is 28.2. The van der Waals surface area contributed by atoms with Crippen LogP contribution in [0.4, 0.5) is 5.69 Å². The van der Waals surface area contributed by atoms with Gasteiger partial charge in [-0.05, 0) is 47.9 Å². The van der Waals surface area contributed by atoms with E-state index in [2.05, 4.69) is 51.9 Å². The molecule has 0 bridgehead atoms. The van der Waals surface area contributed by atoms with Crippen LogP contribution >= 0.6 is 11.3 Å². The number of amides is 2. The van der Waals surface area contributed by atoms with Gasteiger partial charge in [0.1, 0.15) is 0 Å². The third-order valence-corrected chi connectivity index (χ3v) is 6.58. The predicted octanol–water partition coefficient (Wildman–Crippen LogP) is 3.72. The van der Waals surface area contributed by atoms with Gasteiger partial charge < -0.3 is 15.5 Å². The summed E-state index contributed by atoms with van der Waals surface area (Å²) in [6, 6.07) is 22.6. The molecule has 1 aliphatic heterocycles. The number of fused-ring (bicyclic) bond motifs is 1. The van der Waals surface area contributed by atoms with Crippen molar-refractivity contribution in [3.63, 3.8) is 0 Å². The third kappa shape index (κ3) is 5.33. The molecule has 0 spiro atoms. The van der Waals surface area contributed by atoms with Crippen molar-refractivity contribution in [3.8, 4) is 0 Å². The molecule has 0 radical (unpaired) electrons. The van der Waals surface area contributed by atoms with Gasteiger partial charge in [0.2, 0.25) is 0 Å². The molecule has 0 fully saturated rings. The fourth-order valence-electron chi connectivity index (χ4n) is 4.02. The van der Waals surface area contributed by atoms with Crippen molar-refractivity contribution >= 4 is 28.8 Å². The summed E-state index contributed by atoms with van der Waals surface area (Å²) in [5.41, 5.74) is 3.76. The zero-order chi connectivity index (χ0) is 21.5. The van der Waals surface area contributed by atoms with Crippen LogP contribution in [0.5, 0.6) is 0 Å². The lowest BCUT2D eigenvalue weighted by atomic mass is 10.1. The maximum absolute atomic E-state index is 12.4. The van der Waals surface area contributed by atoms with E-state index in [0.29, 0.717) is 13.1 Å². The Hall–Kier alpha value is -3.12. The number of nitrogens with zero attached hydrogens (tertiary/aromatic N) is 1. The summed E-state index contributed by atoms with van der Waals surface area (Å²) in [5, 5.41) is 7.63. The number of nitrogens with one attached hydrogen (secondary N) is 2. The lowest BCUT2D eigenvalue weighted by molar-refractivity contribution is -0.139. The Kier molecular flexibility index (Phi) is 6.99. The van der Waals surface area contributed by atoms with Gasteiger partial charge in [-0.3, -0.25) is 9.59 Å². The van der Waals surface area contributed by atoms with Gasteiger partial charge in [0.15, 0.2) is 0 Å². The predicted molar refractivity (Wildman–Crippen MR) is 125 cm³/mol. The molecule has 2 N–H and O–H groups in total. The standard InChI is InChI=1S/C25H27N3O2S/c29-24(26-15-6-10-19-8-2-1-3-9-19)25(30)27-18-22(23-13-7-17-31-23)28-16-14-20-11-4-5-12-21(20)28/h1-5,7-9,11-13,17,22H,6,10,14-16,18H2,(H,26,29)(H,27,30)/t22-/m0/s1. The van der Waals surface area contributed by atoms with Crippen molar-refractivity contribution in [2.24, 2.45) is 0 Å². The van der Waals surface area contributed by atoms with Crippen LogP contribution in [0, 0.1) is 0 Å². The lowest BCUT2D eigenvalue weighted by Crippen LogP contribution is -2.44. The number of hydrogen-bond donors (Lipinski definition) is 2. The highest BCUT2D eigenvalue weighted by Crippen LogP contribution is 2.36. The Balaban J connectivity index is 1.30. The van der Waals surface area contributed by atoms with Gasteiger partial charge in [-0.15, -0.1) is 11.3 Å². The quantitative estimate of drug-likeness (QED) is 0.420. The molecule has 31 heavy (non-hydrogen) atoms. The molecule has 160 valence electrons. The largest absolute Gasteiger partial charge is 0.361 e. The van der Waals surface area contributed by atoms with Crippen molar-refractivity contribution < 1.29 is 9.59 Å². The zero-order valence-electron chi connectivity index (χ0n) is 17.4. The normalized spacial score (nSPS) is 13.5. The van der Waals surface area contributed by atoms with E-state index in [1.165, 1.54) is 21.7 Å². The first kappa shape index (κ1) is 21.1. The Labute approximate surface area is 187 Å². The highest BCUT2D eigenvalue weighted by atomic mass is 32.1. The summed E-state index contributed by atoms with van der Waals surface area (Å²) in [5.74, 6) is -1.14. The molecule has 2 aromatic carbocycles. The number of carbonyl (C=O) groups is 2. The average Bonchev–Trinajstić information content (AvgIpc) is 3.48. The second-order valence-electron chi connectivity index (χ2n) is 7.66. The van der Waals surface area contributed by atoms with Crippen LogP contribution in [0.2, 0.25) is 0 Å². The smallest absolute Gasteiger partial charge is 0.309 e. The first-order valence-electron chi connectivity index (χ1n) is 10.7. The number of anilines is 1. The number of carbonyl (C=O) groups excluding carboxylic acids is 2. The van der Waals surface area contributed by atoms with Gasteiger partial charge in [0.05, 0.1) is 6.04 Å². The maximum atomic E-state index is 12.4. The second kappa shape index (κ2) is 10.3. The van der Waals surface area contributed by atoms with E-state index in [4.69, 9.17) is 0 Å². The number of benzene rings is 2. The number of aryl methyl sites for hydroxylation is 1. The monoisotopic (exact) mass is 433 g/mol. The van der Waals surface area contributed by atoms with Crippen LogP contribution < -0.4 is 15.5 Å². The fraction of sp³-hybridized carbons (Fsp3) is 0.280. The van der Waals surface area contributed by atoms with Crippen LogP contribution in [-0.2, 0) is 22.4 Å². The SMILES string of the molecule is O=C(NCCCc1ccccc1)C(=O)NC[C@@H](c1cccs1)N1CCc2ccccc21. The molecule has 2 amide bonds. The summed E-state index contributed by atoms with van der Waals surface area (Å²) >= 11 is 1.67. The van der Waals surface area contributed by atoms with Gasteiger partial charge in [-0.25, -0.2) is 0 Å². The molecule has 0 saturated carbocycles. The average molecular weight is 434 g/mol. The molecule has 3 aromatic rings. The molecule has 1 aromatic heterocycles.